The molecule has 2 N–H and O–H groups in total. The molecule has 0 atom stereocenters. The zero-order chi connectivity index (χ0) is 12.8. The van der Waals surface area contributed by atoms with Crippen LogP contribution < -0.4 is 10.6 Å². The maximum absolute atomic E-state index is 11.6. The Morgan fingerprint density at radius 2 is 2.17 bits per heavy atom. The summed E-state index contributed by atoms with van der Waals surface area (Å²) in [5, 5.41) is 5.85. The zero-order valence-corrected chi connectivity index (χ0v) is 10.3. The van der Waals surface area contributed by atoms with Crippen molar-refractivity contribution in [3.05, 3.63) is 54.0 Å². The van der Waals surface area contributed by atoms with Crippen molar-refractivity contribution in [3.8, 4) is 0 Å². The second-order valence-electron chi connectivity index (χ2n) is 4.08. The Balaban J connectivity index is 1.75. The van der Waals surface area contributed by atoms with E-state index < -0.39 is 0 Å². The molecule has 0 unspecified atom stereocenters. The van der Waals surface area contributed by atoms with Gasteiger partial charge < -0.3 is 15.1 Å². The molecule has 4 nitrogen and oxygen atoms in total. The van der Waals surface area contributed by atoms with Crippen molar-refractivity contribution < 1.29 is 9.21 Å². The SMILES string of the molecule is Cc1cccc(NCC(=O)NCc2ccco2)c1. The molecule has 0 aliphatic heterocycles. The first-order valence-electron chi connectivity index (χ1n) is 5.83. The Hall–Kier alpha value is -2.23. The minimum absolute atomic E-state index is 0.0621. The van der Waals surface area contributed by atoms with Gasteiger partial charge in [-0.1, -0.05) is 12.1 Å². The Morgan fingerprint density at radius 3 is 2.89 bits per heavy atom. The van der Waals surface area contributed by atoms with E-state index in [1.807, 2.05) is 37.3 Å². The number of furan rings is 1. The summed E-state index contributed by atoms with van der Waals surface area (Å²) in [4.78, 5) is 11.6. The first kappa shape index (κ1) is 12.2. The van der Waals surface area contributed by atoms with E-state index in [-0.39, 0.29) is 12.5 Å². The molecule has 18 heavy (non-hydrogen) atoms. The summed E-state index contributed by atoms with van der Waals surface area (Å²) in [6.45, 7) is 2.69. The van der Waals surface area contributed by atoms with Crippen molar-refractivity contribution in [3.63, 3.8) is 0 Å². The van der Waals surface area contributed by atoms with Crippen molar-refractivity contribution >= 4 is 11.6 Å². The van der Waals surface area contributed by atoms with Crippen LogP contribution in [0.1, 0.15) is 11.3 Å². The molecular weight excluding hydrogens is 228 g/mol. The molecule has 94 valence electrons. The molecular formula is C14H16N2O2. The summed E-state index contributed by atoms with van der Waals surface area (Å²) in [6.07, 6.45) is 1.59. The maximum atomic E-state index is 11.6. The fourth-order valence-corrected chi connectivity index (χ4v) is 1.60. The topological polar surface area (TPSA) is 54.3 Å². The average molecular weight is 244 g/mol. The molecule has 2 rings (SSSR count). The molecule has 0 aliphatic carbocycles. The minimum Gasteiger partial charge on any atom is -0.467 e. The number of anilines is 1. The largest absolute Gasteiger partial charge is 0.467 e. The van der Waals surface area contributed by atoms with Gasteiger partial charge in [0.2, 0.25) is 5.91 Å². The fourth-order valence-electron chi connectivity index (χ4n) is 1.60. The van der Waals surface area contributed by atoms with Crippen LogP contribution in [0.15, 0.2) is 47.1 Å². The highest BCUT2D eigenvalue weighted by Crippen LogP contribution is 2.08. The van der Waals surface area contributed by atoms with Gasteiger partial charge >= 0.3 is 0 Å². The number of hydrogen-bond acceptors (Lipinski definition) is 3. The smallest absolute Gasteiger partial charge is 0.239 e. The van der Waals surface area contributed by atoms with E-state index in [4.69, 9.17) is 4.42 Å². The molecule has 0 bridgehead atoms. The van der Waals surface area contributed by atoms with Crippen LogP contribution in [-0.2, 0) is 11.3 Å². The standard InChI is InChI=1S/C14H16N2O2/c1-11-4-2-5-12(8-11)15-10-14(17)16-9-13-6-3-7-18-13/h2-8,15H,9-10H2,1H3,(H,16,17). The molecule has 1 heterocycles. The van der Waals surface area contributed by atoms with Gasteiger partial charge in [-0.3, -0.25) is 4.79 Å². The van der Waals surface area contributed by atoms with Crippen LogP contribution >= 0.6 is 0 Å². The first-order chi connectivity index (χ1) is 8.74. The summed E-state index contributed by atoms with van der Waals surface area (Å²) in [5.74, 6) is 0.687. The Bertz CT molecular complexity index is 506. The lowest BCUT2D eigenvalue weighted by Crippen LogP contribution is -2.29. The van der Waals surface area contributed by atoms with Crippen molar-refractivity contribution in [2.45, 2.75) is 13.5 Å². The number of amides is 1. The lowest BCUT2D eigenvalue weighted by molar-refractivity contribution is -0.119. The molecule has 0 fully saturated rings. The highest BCUT2D eigenvalue weighted by Gasteiger charge is 2.02. The van der Waals surface area contributed by atoms with Crippen LogP contribution in [-0.4, -0.2) is 12.5 Å². The number of nitrogens with one attached hydrogen (secondary N) is 2. The number of benzene rings is 1. The van der Waals surface area contributed by atoms with Gasteiger partial charge in [-0.15, -0.1) is 0 Å². The van der Waals surface area contributed by atoms with E-state index in [9.17, 15) is 4.79 Å². The van der Waals surface area contributed by atoms with Crippen molar-refractivity contribution in [2.75, 3.05) is 11.9 Å². The quantitative estimate of drug-likeness (QED) is 0.848. The molecule has 0 aliphatic rings. The first-order valence-corrected chi connectivity index (χ1v) is 5.83. The van der Waals surface area contributed by atoms with E-state index in [0.29, 0.717) is 6.54 Å². The molecule has 1 aromatic carbocycles. The van der Waals surface area contributed by atoms with Gasteiger partial charge in [0.1, 0.15) is 5.76 Å². The third-order valence-electron chi connectivity index (χ3n) is 2.51. The van der Waals surface area contributed by atoms with E-state index >= 15 is 0 Å². The predicted molar refractivity (Wildman–Crippen MR) is 70.2 cm³/mol. The van der Waals surface area contributed by atoms with Crippen LogP contribution in [0.4, 0.5) is 5.69 Å². The Labute approximate surface area is 106 Å². The van der Waals surface area contributed by atoms with Gasteiger partial charge in [0, 0.05) is 5.69 Å². The average Bonchev–Trinajstić information content (AvgIpc) is 2.87. The van der Waals surface area contributed by atoms with Gasteiger partial charge in [-0.25, -0.2) is 0 Å². The van der Waals surface area contributed by atoms with Crippen LogP contribution in [0.5, 0.6) is 0 Å². The maximum Gasteiger partial charge on any atom is 0.239 e. The molecule has 4 heteroatoms. The number of carbonyl (C=O) groups excluding carboxylic acids is 1. The van der Waals surface area contributed by atoms with E-state index in [1.54, 1.807) is 12.3 Å². The summed E-state index contributed by atoms with van der Waals surface area (Å²) >= 11 is 0. The third-order valence-corrected chi connectivity index (χ3v) is 2.51. The van der Waals surface area contributed by atoms with Crippen molar-refractivity contribution in [1.29, 1.82) is 0 Å². The number of rotatable bonds is 5. The molecule has 0 saturated carbocycles. The monoisotopic (exact) mass is 244 g/mol. The van der Waals surface area contributed by atoms with Gasteiger partial charge in [-0.05, 0) is 36.8 Å². The summed E-state index contributed by atoms with van der Waals surface area (Å²) < 4.78 is 5.13. The Morgan fingerprint density at radius 1 is 1.28 bits per heavy atom. The third kappa shape index (κ3) is 3.66. The predicted octanol–water partition coefficient (Wildman–Crippen LogP) is 2.32. The zero-order valence-electron chi connectivity index (χ0n) is 10.3. The molecule has 2 aromatic rings. The van der Waals surface area contributed by atoms with Crippen LogP contribution in [0, 0.1) is 6.92 Å². The van der Waals surface area contributed by atoms with E-state index in [1.165, 1.54) is 0 Å². The van der Waals surface area contributed by atoms with Crippen LogP contribution in [0.2, 0.25) is 0 Å². The second kappa shape index (κ2) is 5.91. The molecule has 1 aromatic heterocycles. The highest BCUT2D eigenvalue weighted by molar-refractivity contribution is 5.80. The molecule has 1 amide bonds. The van der Waals surface area contributed by atoms with E-state index in [0.717, 1.165) is 17.0 Å². The van der Waals surface area contributed by atoms with Gasteiger partial charge in [-0.2, -0.15) is 0 Å². The normalized spacial score (nSPS) is 10.1. The van der Waals surface area contributed by atoms with Crippen molar-refractivity contribution in [2.24, 2.45) is 0 Å². The molecule has 0 saturated heterocycles. The number of aryl methyl sites for hydroxylation is 1. The fraction of sp³-hybridized carbons (Fsp3) is 0.214. The highest BCUT2D eigenvalue weighted by atomic mass is 16.3. The second-order valence-corrected chi connectivity index (χ2v) is 4.08. The van der Waals surface area contributed by atoms with Crippen molar-refractivity contribution in [1.82, 2.24) is 5.32 Å². The summed E-state index contributed by atoms with van der Waals surface area (Å²) in [7, 11) is 0. The number of hydrogen-bond donors (Lipinski definition) is 2. The van der Waals surface area contributed by atoms with Crippen LogP contribution in [0.25, 0.3) is 0 Å². The summed E-state index contributed by atoms with van der Waals surface area (Å²) in [5.41, 5.74) is 2.11. The van der Waals surface area contributed by atoms with Gasteiger partial charge in [0.05, 0.1) is 19.4 Å². The van der Waals surface area contributed by atoms with Gasteiger partial charge in [0.15, 0.2) is 0 Å². The van der Waals surface area contributed by atoms with Gasteiger partial charge in [0.25, 0.3) is 0 Å². The Kier molecular flexibility index (Phi) is 4.02. The van der Waals surface area contributed by atoms with E-state index in [2.05, 4.69) is 10.6 Å². The lowest BCUT2D eigenvalue weighted by Gasteiger charge is -2.07. The molecule has 0 radical (unpaired) electrons. The lowest BCUT2D eigenvalue weighted by atomic mass is 10.2. The summed E-state index contributed by atoms with van der Waals surface area (Å²) in [6, 6.07) is 11.5. The number of carbonyl (C=O) groups is 1. The van der Waals surface area contributed by atoms with Crippen LogP contribution in [0.3, 0.4) is 0 Å². The minimum atomic E-state index is -0.0621. The molecule has 0 spiro atoms.